The predicted octanol–water partition coefficient (Wildman–Crippen LogP) is 2.98. The van der Waals surface area contributed by atoms with Crippen molar-refractivity contribution >= 4 is 5.78 Å². The van der Waals surface area contributed by atoms with Gasteiger partial charge < -0.3 is 4.52 Å². The fourth-order valence-corrected chi connectivity index (χ4v) is 2.10. The van der Waals surface area contributed by atoms with Crippen LogP contribution in [0, 0.1) is 0 Å². The maximum atomic E-state index is 11.9. The average Bonchev–Trinajstić information content (AvgIpc) is 2.63. The monoisotopic (exact) mass is 236 g/mol. The molecule has 0 radical (unpaired) electrons. The van der Waals surface area contributed by atoms with Crippen LogP contribution in [0.1, 0.15) is 70.5 Å². The number of Topliss-reactive ketones (excluding diaryl/α,β-unsaturated/α-hetero) is 1. The number of aromatic nitrogens is 2. The number of carbonyl (C=O) groups is 1. The summed E-state index contributed by atoms with van der Waals surface area (Å²) < 4.78 is 5.27. The van der Waals surface area contributed by atoms with E-state index in [4.69, 9.17) is 4.52 Å². The number of nitrogens with zero attached hydrogens (tertiary/aromatic N) is 2. The van der Waals surface area contributed by atoms with E-state index in [0.717, 1.165) is 25.7 Å². The van der Waals surface area contributed by atoms with E-state index < -0.39 is 0 Å². The molecule has 1 aliphatic rings. The minimum Gasteiger partial charge on any atom is -0.339 e. The molecule has 17 heavy (non-hydrogen) atoms. The van der Waals surface area contributed by atoms with Crippen LogP contribution in [-0.4, -0.2) is 15.9 Å². The van der Waals surface area contributed by atoms with Gasteiger partial charge in [-0.3, -0.25) is 4.79 Å². The van der Waals surface area contributed by atoms with E-state index in [-0.39, 0.29) is 17.1 Å². The van der Waals surface area contributed by atoms with Crippen molar-refractivity contribution in [3.8, 4) is 0 Å². The summed E-state index contributed by atoms with van der Waals surface area (Å²) in [7, 11) is 0. The van der Waals surface area contributed by atoms with Crippen LogP contribution in [0.3, 0.4) is 0 Å². The maximum absolute atomic E-state index is 11.9. The highest BCUT2D eigenvalue weighted by Crippen LogP contribution is 2.29. The van der Waals surface area contributed by atoms with Crippen molar-refractivity contribution in [3.05, 3.63) is 11.7 Å². The lowest BCUT2D eigenvalue weighted by Gasteiger charge is -2.11. The molecule has 94 valence electrons. The van der Waals surface area contributed by atoms with E-state index >= 15 is 0 Å². The Kier molecular flexibility index (Phi) is 3.31. The van der Waals surface area contributed by atoms with Crippen molar-refractivity contribution in [2.75, 3.05) is 0 Å². The van der Waals surface area contributed by atoms with Crippen molar-refractivity contribution in [1.82, 2.24) is 10.1 Å². The maximum Gasteiger partial charge on any atom is 0.237 e. The standard InChI is InChI=1S/C13H20N2O2/c1-13(2,3)12-14-11(17-15-12)9-7-5-4-6-8-10(9)16/h9H,4-8H2,1-3H3. The molecule has 1 heterocycles. The van der Waals surface area contributed by atoms with Gasteiger partial charge in [0.05, 0.1) is 5.92 Å². The summed E-state index contributed by atoms with van der Waals surface area (Å²) in [6, 6.07) is 0. The van der Waals surface area contributed by atoms with Gasteiger partial charge >= 0.3 is 0 Å². The molecular weight excluding hydrogens is 216 g/mol. The zero-order valence-corrected chi connectivity index (χ0v) is 10.8. The van der Waals surface area contributed by atoms with Crippen LogP contribution in [0.2, 0.25) is 0 Å². The number of ketones is 1. The third-order valence-electron chi connectivity index (χ3n) is 3.22. The first-order valence-corrected chi connectivity index (χ1v) is 6.35. The first-order valence-electron chi connectivity index (χ1n) is 6.35. The molecule has 4 heteroatoms. The summed E-state index contributed by atoms with van der Waals surface area (Å²) in [5.74, 6) is 1.29. The fraction of sp³-hybridized carbons (Fsp3) is 0.769. The third-order valence-corrected chi connectivity index (χ3v) is 3.22. The molecule has 4 nitrogen and oxygen atoms in total. The highest BCUT2D eigenvalue weighted by atomic mass is 16.5. The molecule has 1 fully saturated rings. The molecule has 1 aromatic heterocycles. The molecule has 0 aliphatic heterocycles. The Balaban J connectivity index is 2.21. The van der Waals surface area contributed by atoms with Gasteiger partial charge in [-0.2, -0.15) is 4.98 Å². The Morgan fingerprint density at radius 3 is 2.65 bits per heavy atom. The van der Waals surface area contributed by atoms with E-state index in [1.54, 1.807) is 0 Å². The van der Waals surface area contributed by atoms with Crippen LogP contribution >= 0.6 is 0 Å². The van der Waals surface area contributed by atoms with Crippen molar-refractivity contribution < 1.29 is 9.32 Å². The fourth-order valence-electron chi connectivity index (χ4n) is 2.10. The zero-order chi connectivity index (χ0) is 12.5. The quantitative estimate of drug-likeness (QED) is 0.703. The second-order valence-corrected chi connectivity index (χ2v) is 5.82. The minimum atomic E-state index is -0.166. The summed E-state index contributed by atoms with van der Waals surface area (Å²) in [5, 5.41) is 3.99. The second kappa shape index (κ2) is 4.59. The summed E-state index contributed by atoms with van der Waals surface area (Å²) >= 11 is 0. The molecule has 0 amide bonds. The highest BCUT2D eigenvalue weighted by Gasteiger charge is 2.29. The first kappa shape index (κ1) is 12.3. The van der Waals surface area contributed by atoms with E-state index in [2.05, 4.69) is 10.1 Å². The van der Waals surface area contributed by atoms with Gasteiger partial charge in [-0.1, -0.05) is 38.8 Å². The van der Waals surface area contributed by atoms with Crippen LogP contribution in [0.5, 0.6) is 0 Å². The molecule has 1 atom stereocenters. The molecule has 0 saturated heterocycles. The lowest BCUT2D eigenvalue weighted by molar-refractivity contribution is -0.120. The molecule has 0 N–H and O–H groups in total. The predicted molar refractivity (Wildman–Crippen MR) is 63.8 cm³/mol. The van der Waals surface area contributed by atoms with E-state index in [9.17, 15) is 4.79 Å². The molecule has 1 saturated carbocycles. The Morgan fingerprint density at radius 2 is 2.00 bits per heavy atom. The van der Waals surface area contributed by atoms with Crippen molar-refractivity contribution in [2.45, 2.75) is 64.2 Å². The summed E-state index contributed by atoms with van der Waals surface area (Å²) in [6.45, 7) is 6.11. The SMILES string of the molecule is CC(C)(C)c1noc(C2CCCCCC2=O)n1. The zero-order valence-electron chi connectivity index (χ0n) is 10.8. The summed E-state index contributed by atoms with van der Waals surface area (Å²) in [5.41, 5.74) is -0.129. The topological polar surface area (TPSA) is 56.0 Å². The average molecular weight is 236 g/mol. The second-order valence-electron chi connectivity index (χ2n) is 5.82. The molecule has 0 spiro atoms. The lowest BCUT2D eigenvalue weighted by atomic mass is 9.95. The highest BCUT2D eigenvalue weighted by molar-refractivity contribution is 5.84. The van der Waals surface area contributed by atoms with Gasteiger partial charge in [0, 0.05) is 11.8 Å². The molecule has 2 rings (SSSR count). The van der Waals surface area contributed by atoms with Crippen molar-refractivity contribution in [3.63, 3.8) is 0 Å². The van der Waals surface area contributed by atoms with E-state index in [1.165, 1.54) is 0 Å². The molecule has 1 aromatic rings. The number of hydrogen-bond donors (Lipinski definition) is 0. The number of carbonyl (C=O) groups excluding carboxylic acids is 1. The Labute approximate surface area is 102 Å². The van der Waals surface area contributed by atoms with Gasteiger partial charge in [-0.15, -0.1) is 0 Å². The number of hydrogen-bond acceptors (Lipinski definition) is 4. The van der Waals surface area contributed by atoms with E-state index in [0.29, 0.717) is 18.1 Å². The summed E-state index contributed by atoms with van der Waals surface area (Å²) in [4.78, 5) is 16.3. The normalized spacial score (nSPS) is 22.5. The molecule has 1 unspecified atom stereocenters. The first-order chi connectivity index (χ1) is 7.98. The van der Waals surface area contributed by atoms with Gasteiger partial charge in [0.25, 0.3) is 0 Å². The van der Waals surface area contributed by atoms with Crippen LogP contribution in [-0.2, 0) is 10.2 Å². The van der Waals surface area contributed by atoms with Crippen LogP contribution in [0.25, 0.3) is 0 Å². The Hall–Kier alpha value is -1.19. The van der Waals surface area contributed by atoms with Gasteiger partial charge in [0.1, 0.15) is 5.78 Å². The van der Waals surface area contributed by atoms with Crippen molar-refractivity contribution in [2.24, 2.45) is 0 Å². The van der Waals surface area contributed by atoms with Crippen molar-refractivity contribution in [1.29, 1.82) is 0 Å². The minimum absolute atomic E-state index is 0.129. The van der Waals surface area contributed by atoms with Crippen LogP contribution < -0.4 is 0 Å². The van der Waals surface area contributed by atoms with E-state index in [1.807, 2.05) is 20.8 Å². The van der Waals surface area contributed by atoms with Gasteiger partial charge in [-0.25, -0.2) is 0 Å². The summed E-state index contributed by atoms with van der Waals surface area (Å²) in [6.07, 6.45) is 4.70. The Bertz CT molecular complexity index is 404. The van der Waals surface area contributed by atoms with Gasteiger partial charge in [0.15, 0.2) is 5.82 Å². The van der Waals surface area contributed by atoms with Gasteiger partial charge in [0.2, 0.25) is 5.89 Å². The van der Waals surface area contributed by atoms with Crippen LogP contribution in [0.15, 0.2) is 4.52 Å². The largest absolute Gasteiger partial charge is 0.339 e. The Morgan fingerprint density at radius 1 is 1.24 bits per heavy atom. The third kappa shape index (κ3) is 2.73. The molecule has 1 aliphatic carbocycles. The number of rotatable bonds is 1. The molecule has 0 bridgehead atoms. The molecular formula is C13H20N2O2. The lowest BCUT2D eigenvalue weighted by Crippen LogP contribution is -2.15. The molecule has 0 aromatic carbocycles. The van der Waals surface area contributed by atoms with Crippen LogP contribution in [0.4, 0.5) is 0 Å². The smallest absolute Gasteiger partial charge is 0.237 e. The van der Waals surface area contributed by atoms with Gasteiger partial charge in [-0.05, 0) is 12.8 Å².